The Morgan fingerprint density at radius 1 is 0.369 bits per heavy atom. The lowest BCUT2D eigenvalue weighted by molar-refractivity contribution is -0.461. The zero-order valence-corrected chi connectivity index (χ0v) is 50.1. The Labute approximate surface area is 560 Å². The Kier molecular flexibility index (Phi) is 27.0. The summed E-state index contributed by atoms with van der Waals surface area (Å²) in [5.74, 6) is -135. The molecule has 103 heavy (non-hydrogen) atoms. The van der Waals surface area contributed by atoms with Gasteiger partial charge in [-0.1, -0.05) is 31.0 Å². The van der Waals surface area contributed by atoms with Gasteiger partial charge >= 0.3 is 95.3 Å². The number of benzene rings is 5. The summed E-state index contributed by atoms with van der Waals surface area (Å²) in [5, 5.41) is 9.79. The molecule has 5 aromatic rings. The molecular weight excluding hydrogens is 1590 g/mol. The number of halogens is 40. The van der Waals surface area contributed by atoms with E-state index in [2.05, 4.69) is 22.1 Å². The van der Waals surface area contributed by atoms with E-state index in [9.17, 15) is 172 Å². The third kappa shape index (κ3) is 16.3. The van der Waals surface area contributed by atoms with Gasteiger partial charge in [0.05, 0.1) is 48.0 Å². The molecule has 0 aliphatic heterocycles. The van der Waals surface area contributed by atoms with Crippen LogP contribution in [0.2, 0.25) is 0 Å². The summed E-state index contributed by atoms with van der Waals surface area (Å²) in [6, 6.07) is 18.8. The third-order valence-electron chi connectivity index (χ3n) is 12.7. The van der Waals surface area contributed by atoms with Crippen molar-refractivity contribution in [2.24, 2.45) is 0 Å². The summed E-state index contributed by atoms with van der Waals surface area (Å²) >= 11 is 4.76. The number of nitrogens with two attached hydrogens (primary N) is 3. The highest BCUT2D eigenvalue weighted by Crippen LogP contribution is 2.67. The lowest BCUT2D eigenvalue weighted by Crippen LogP contribution is -2.74. The molecule has 0 heterocycles. The molecule has 0 aliphatic rings. The van der Waals surface area contributed by atoms with Gasteiger partial charge in [0.2, 0.25) is 0 Å². The minimum atomic E-state index is -8.84. The van der Waals surface area contributed by atoms with Crippen LogP contribution in [-0.4, -0.2) is 108 Å². The fourth-order valence-corrected chi connectivity index (χ4v) is 9.01. The second kappa shape index (κ2) is 30.4. The largest absolute Gasteiger partial charge is 0.487 e. The van der Waals surface area contributed by atoms with Crippen LogP contribution in [0.15, 0.2) is 97.3 Å². The van der Waals surface area contributed by atoms with Gasteiger partial charge < -0.3 is 26.7 Å². The van der Waals surface area contributed by atoms with E-state index in [1.165, 1.54) is 54.6 Å². The first kappa shape index (κ1) is 91.4. The van der Waals surface area contributed by atoms with Crippen molar-refractivity contribution < 1.29 is 185 Å². The lowest BCUT2D eigenvalue weighted by Gasteiger charge is -2.42. The van der Waals surface area contributed by atoms with Crippen LogP contribution in [0.25, 0.3) is 4.85 Å². The standard InChI is InChI=1S/C29H16F19N3OS2.C17H4F21NO.C6H7NS.CH4/c30-17-19(18(31)21(54-15-7-3-13(51)4-8-15)16(11-49)20(17)53-14-5-1-12(50)2-6-14)52-10-9-22(32,33)23(34,35)24(36,37)25(38,39)26(40,41)27(42,43)28(44,45)29(46,47)48;1-39-8-4(18)6(20)9(7(21)5(8)19)40-3-2-10(22,23)11(24,25)12(26,27)13(28,29)14(30,31)15(32,33)16(34,35)17(36,37)38;7-5-1-3-6(8)4-2-5;/h1-8H,9-10,50-51H2;2-3H2;1-4,8H,7H2;1H4. The second-order valence-electron chi connectivity index (χ2n) is 19.6. The van der Waals surface area contributed by atoms with Crippen molar-refractivity contribution in [2.75, 3.05) is 30.4 Å². The van der Waals surface area contributed by atoms with E-state index in [4.69, 9.17) is 23.8 Å². The predicted molar refractivity (Wildman–Crippen MR) is 280 cm³/mol. The maximum atomic E-state index is 15.7. The molecular formula is C53H31F40N5O2S3. The Morgan fingerprint density at radius 3 is 0.835 bits per heavy atom. The van der Waals surface area contributed by atoms with Crippen molar-refractivity contribution in [1.29, 1.82) is 5.26 Å². The van der Waals surface area contributed by atoms with E-state index in [1.54, 1.807) is 0 Å². The zero-order valence-electron chi connectivity index (χ0n) is 47.6. The number of nitrogens with zero attached hydrogens (tertiary/aromatic N) is 2. The fraction of sp³-hybridized carbons (Fsp3) is 0.396. The van der Waals surface area contributed by atoms with E-state index >= 15 is 8.78 Å². The molecule has 0 bridgehead atoms. The molecule has 0 saturated carbocycles. The second-order valence-corrected chi connectivity index (χ2v) is 22.3. The molecule has 578 valence electrons. The highest BCUT2D eigenvalue weighted by molar-refractivity contribution is 8.00. The Hall–Kier alpha value is -7.67. The first-order valence-electron chi connectivity index (χ1n) is 25.0. The summed E-state index contributed by atoms with van der Waals surface area (Å²) in [6.07, 6.45) is -22.2. The zero-order chi connectivity index (χ0) is 79.9. The number of hydrogen-bond acceptors (Lipinski definition) is 9. The van der Waals surface area contributed by atoms with Crippen LogP contribution in [0.3, 0.4) is 0 Å². The molecule has 7 nitrogen and oxygen atoms in total. The molecule has 0 amide bonds. The summed E-state index contributed by atoms with van der Waals surface area (Å²) in [6.45, 7) is 1.40. The van der Waals surface area contributed by atoms with Gasteiger partial charge in [-0.3, -0.25) is 0 Å². The molecule has 0 radical (unpaired) electrons. The van der Waals surface area contributed by atoms with Gasteiger partial charge in [0.1, 0.15) is 6.07 Å². The Balaban J connectivity index is 0.000000645. The first-order valence-corrected chi connectivity index (χ1v) is 27.1. The van der Waals surface area contributed by atoms with Gasteiger partial charge in [0.15, 0.2) is 46.4 Å². The molecule has 5 aromatic carbocycles. The number of nitrogen functional groups attached to an aromatic ring is 3. The molecule has 6 N–H and O–H groups in total. The minimum Gasteiger partial charge on any atom is -0.487 e. The van der Waals surface area contributed by atoms with E-state index in [0.717, 1.165) is 10.6 Å². The fourth-order valence-electron chi connectivity index (χ4n) is 6.92. The van der Waals surface area contributed by atoms with Crippen LogP contribution >= 0.6 is 36.2 Å². The SMILES string of the molecule is C.N#Cc1c(Sc2ccc(N)cc2)c(F)c(OCCC(F)(F)C(F)(F)C(F)(F)C(F)(F)C(F)(F)C(F)(F)C(F)(F)C(F)(F)F)c(F)c1Sc1ccc(N)cc1.Nc1ccc(S)cc1.[C-]#[N+]c1c(F)c(F)c(OCCC(F)(F)C(F)(F)C(F)(F)C(F)(F)C(F)(F)C(F)(F)C(F)(F)C(F)(F)F)c(F)c1F. The van der Waals surface area contributed by atoms with Crippen LogP contribution in [-0.2, 0) is 0 Å². The van der Waals surface area contributed by atoms with Crippen molar-refractivity contribution in [3.63, 3.8) is 0 Å². The lowest BCUT2D eigenvalue weighted by atomic mass is 9.88. The molecule has 5 rings (SSSR count). The van der Waals surface area contributed by atoms with Crippen LogP contribution in [0, 0.1) is 52.8 Å². The van der Waals surface area contributed by atoms with Gasteiger partial charge in [0, 0.05) is 31.7 Å². The van der Waals surface area contributed by atoms with E-state index in [-0.39, 0.29) is 28.6 Å². The molecule has 0 aliphatic carbocycles. The van der Waals surface area contributed by atoms with Gasteiger partial charge in [-0.05, 0) is 72.8 Å². The quantitative estimate of drug-likeness (QED) is 0.0158. The topological polar surface area (TPSA) is 125 Å². The van der Waals surface area contributed by atoms with Crippen molar-refractivity contribution in [3.05, 3.63) is 125 Å². The summed E-state index contributed by atoms with van der Waals surface area (Å²) in [4.78, 5) is 1.33. The Bertz CT molecular complexity index is 3750. The number of ether oxygens (including phenoxy) is 2. The number of alkyl halides is 34. The predicted octanol–water partition coefficient (Wildman–Crippen LogP) is 21.8. The smallest absolute Gasteiger partial charge is 0.460 e. The number of nitriles is 1. The van der Waals surface area contributed by atoms with Crippen LogP contribution in [0.5, 0.6) is 11.5 Å². The van der Waals surface area contributed by atoms with Crippen molar-refractivity contribution in [1.82, 2.24) is 0 Å². The first-order chi connectivity index (χ1) is 45.6. The van der Waals surface area contributed by atoms with Gasteiger partial charge in [-0.15, -0.1) is 12.6 Å². The molecule has 0 aromatic heterocycles. The van der Waals surface area contributed by atoms with Crippen molar-refractivity contribution in [2.45, 2.75) is 140 Å². The number of rotatable bonds is 24. The summed E-state index contributed by atoms with van der Waals surface area (Å²) < 4.78 is 549. The minimum absolute atomic E-state index is 0. The number of anilines is 3. The maximum Gasteiger partial charge on any atom is 0.460 e. The third-order valence-corrected chi connectivity index (χ3v) is 15.2. The molecule has 0 saturated heterocycles. The molecule has 0 atom stereocenters. The molecule has 0 fully saturated rings. The highest BCUT2D eigenvalue weighted by atomic mass is 32.2. The van der Waals surface area contributed by atoms with E-state index in [0.29, 0.717) is 23.5 Å². The normalized spacial score (nSPS) is 13.7. The summed E-state index contributed by atoms with van der Waals surface area (Å²) in [5.41, 5.74) is 14.8. The molecule has 50 heteroatoms. The van der Waals surface area contributed by atoms with Gasteiger partial charge in [-0.25, -0.2) is 31.2 Å². The monoisotopic (exact) mass is 1630 g/mol. The summed E-state index contributed by atoms with van der Waals surface area (Å²) in [7, 11) is 0. The highest BCUT2D eigenvalue weighted by Gasteiger charge is 2.97. The van der Waals surface area contributed by atoms with Gasteiger partial charge in [0.25, 0.3) is 5.69 Å². The maximum absolute atomic E-state index is 15.7. The van der Waals surface area contributed by atoms with Crippen molar-refractivity contribution >= 4 is 58.9 Å². The number of hydrogen-bond donors (Lipinski definition) is 4. The Morgan fingerprint density at radius 2 is 0.602 bits per heavy atom. The molecule has 0 unspecified atom stereocenters. The van der Waals surface area contributed by atoms with Crippen molar-refractivity contribution in [3.8, 4) is 17.6 Å². The van der Waals surface area contributed by atoms with Crippen LogP contribution in [0.4, 0.5) is 198 Å². The van der Waals surface area contributed by atoms with Crippen LogP contribution in [0.1, 0.15) is 25.8 Å². The van der Waals surface area contributed by atoms with Gasteiger partial charge in [-0.2, -0.15) is 155 Å². The van der Waals surface area contributed by atoms with Crippen LogP contribution < -0.4 is 26.7 Å². The average Bonchev–Trinajstić information content (AvgIpc) is 0.701. The average molecular weight is 1630 g/mol. The molecule has 0 spiro atoms. The van der Waals surface area contributed by atoms with E-state index in [1.807, 2.05) is 29.1 Å². The van der Waals surface area contributed by atoms with E-state index < -0.39 is 189 Å². The number of thiol groups is 1.